The van der Waals surface area contributed by atoms with Crippen molar-refractivity contribution in [1.82, 2.24) is 5.32 Å². The van der Waals surface area contributed by atoms with Crippen molar-refractivity contribution < 1.29 is 18.0 Å². The third-order valence-electron chi connectivity index (χ3n) is 4.34. The Bertz CT molecular complexity index is 709. The van der Waals surface area contributed by atoms with Crippen LogP contribution in [0.15, 0.2) is 24.3 Å². The van der Waals surface area contributed by atoms with Crippen LogP contribution in [0.3, 0.4) is 0 Å². The van der Waals surface area contributed by atoms with Crippen molar-refractivity contribution in [2.45, 2.75) is 51.5 Å². The number of aryl methyl sites for hydroxylation is 1. The summed E-state index contributed by atoms with van der Waals surface area (Å²) in [5, 5.41) is 2.77. The molecule has 1 aliphatic heterocycles. The van der Waals surface area contributed by atoms with Gasteiger partial charge in [-0.05, 0) is 25.3 Å². The van der Waals surface area contributed by atoms with Gasteiger partial charge in [0.1, 0.15) is 0 Å². The van der Waals surface area contributed by atoms with Crippen LogP contribution >= 0.6 is 0 Å². The van der Waals surface area contributed by atoms with Crippen LogP contribution < -0.4 is 5.32 Å². The minimum Gasteiger partial charge on any atom is -0.350 e. The van der Waals surface area contributed by atoms with E-state index in [2.05, 4.69) is 12.2 Å². The maximum absolute atomic E-state index is 12.2. The Labute approximate surface area is 143 Å². The first-order chi connectivity index (χ1) is 11.2. The van der Waals surface area contributed by atoms with Crippen molar-refractivity contribution >= 4 is 21.5 Å². The third kappa shape index (κ3) is 5.16. The number of hydrogen-bond acceptors (Lipinski definition) is 4. The lowest BCUT2D eigenvalue weighted by Gasteiger charge is -2.23. The molecule has 1 amide bonds. The molecule has 1 aromatic carbocycles. The van der Waals surface area contributed by atoms with E-state index >= 15 is 0 Å². The molecule has 1 heterocycles. The van der Waals surface area contributed by atoms with Gasteiger partial charge in [-0.3, -0.25) is 9.59 Å². The van der Waals surface area contributed by atoms with Gasteiger partial charge in [-0.25, -0.2) is 8.42 Å². The number of carbonyl (C=O) groups excluding carboxylic acids is 2. The van der Waals surface area contributed by atoms with Crippen LogP contribution in [0.2, 0.25) is 0 Å². The summed E-state index contributed by atoms with van der Waals surface area (Å²) in [5.74, 6) is -0.270. The summed E-state index contributed by atoms with van der Waals surface area (Å²) in [6, 6.07) is 7.49. The quantitative estimate of drug-likeness (QED) is 0.764. The van der Waals surface area contributed by atoms with Crippen LogP contribution in [-0.2, 0) is 21.1 Å². The largest absolute Gasteiger partial charge is 0.350 e. The zero-order valence-electron chi connectivity index (χ0n) is 14.3. The third-order valence-corrected chi connectivity index (χ3v) is 6.24. The molecule has 0 aromatic heterocycles. The monoisotopic (exact) mass is 351 g/mol. The van der Waals surface area contributed by atoms with Gasteiger partial charge >= 0.3 is 0 Å². The SMILES string of the molecule is CCCc1ccc(C(=O)CCC(=O)NC2(C)CCS(=O)(=O)C2)cc1. The number of Topliss-reactive ketones (excluding diaryl/α,β-unsaturated/α-hetero) is 1. The number of ketones is 1. The Morgan fingerprint density at radius 3 is 2.38 bits per heavy atom. The van der Waals surface area contributed by atoms with E-state index in [0.29, 0.717) is 12.0 Å². The highest BCUT2D eigenvalue weighted by Gasteiger charge is 2.39. The topological polar surface area (TPSA) is 80.3 Å². The first kappa shape index (κ1) is 18.6. The average Bonchev–Trinajstić information content (AvgIpc) is 2.79. The second-order valence-electron chi connectivity index (χ2n) is 6.82. The van der Waals surface area contributed by atoms with E-state index in [1.54, 1.807) is 19.1 Å². The zero-order valence-corrected chi connectivity index (χ0v) is 15.1. The van der Waals surface area contributed by atoms with Gasteiger partial charge in [0, 0.05) is 18.4 Å². The molecule has 5 nitrogen and oxygen atoms in total. The number of carbonyl (C=O) groups is 2. The summed E-state index contributed by atoms with van der Waals surface area (Å²) in [6.07, 6.45) is 2.67. The second kappa shape index (κ2) is 7.47. The Hall–Kier alpha value is -1.69. The highest BCUT2D eigenvalue weighted by molar-refractivity contribution is 7.91. The Morgan fingerprint density at radius 1 is 1.17 bits per heavy atom. The molecule has 6 heteroatoms. The van der Waals surface area contributed by atoms with Gasteiger partial charge in [0.25, 0.3) is 0 Å². The Balaban J connectivity index is 1.84. The summed E-state index contributed by atoms with van der Waals surface area (Å²) in [6.45, 7) is 3.84. The Kier molecular flexibility index (Phi) is 5.80. The van der Waals surface area contributed by atoms with Crippen molar-refractivity contribution in [1.29, 1.82) is 0 Å². The first-order valence-corrected chi connectivity index (χ1v) is 10.2. The molecule has 0 spiro atoms. The van der Waals surface area contributed by atoms with E-state index in [1.165, 1.54) is 5.56 Å². The fourth-order valence-electron chi connectivity index (χ4n) is 3.03. The van der Waals surface area contributed by atoms with Crippen LogP contribution in [0.25, 0.3) is 0 Å². The van der Waals surface area contributed by atoms with Crippen LogP contribution in [-0.4, -0.2) is 37.2 Å². The molecule has 1 N–H and O–H groups in total. The molecular formula is C18H25NO4S. The molecule has 1 atom stereocenters. The van der Waals surface area contributed by atoms with Gasteiger partial charge in [0.2, 0.25) is 5.91 Å². The minimum atomic E-state index is -3.06. The van der Waals surface area contributed by atoms with Crippen molar-refractivity contribution in [2.75, 3.05) is 11.5 Å². The first-order valence-electron chi connectivity index (χ1n) is 8.37. The van der Waals surface area contributed by atoms with Gasteiger partial charge in [-0.2, -0.15) is 0 Å². The molecule has 24 heavy (non-hydrogen) atoms. The predicted molar refractivity (Wildman–Crippen MR) is 93.8 cm³/mol. The van der Waals surface area contributed by atoms with Crippen LogP contribution in [0.5, 0.6) is 0 Å². The van der Waals surface area contributed by atoms with Gasteiger partial charge in [-0.1, -0.05) is 37.6 Å². The summed E-state index contributed by atoms with van der Waals surface area (Å²) in [5.41, 5.74) is 1.10. The van der Waals surface area contributed by atoms with Gasteiger partial charge in [0.15, 0.2) is 15.6 Å². The molecule has 1 saturated heterocycles. The number of nitrogens with one attached hydrogen (secondary N) is 1. The summed E-state index contributed by atoms with van der Waals surface area (Å²) < 4.78 is 23.1. The van der Waals surface area contributed by atoms with Crippen LogP contribution in [0.1, 0.15) is 55.5 Å². The molecule has 1 unspecified atom stereocenters. The van der Waals surface area contributed by atoms with Gasteiger partial charge in [-0.15, -0.1) is 0 Å². The molecular weight excluding hydrogens is 326 g/mol. The molecule has 1 fully saturated rings. The standard InChI is InChI=1S/C18H25NO4S/c1-3-4-14-5-7-15(8-6-14)16(20)9-10-17(21)19-18(2)11-12-24(22,23)13-18/h5-8H,3-4,9-13H2,1-2H3,(H,19,21). The molecule has 0 radical (unpaired) electrons. The fraction of sp³-hybridized carbons (Fsp3) is 0.556. The molecule has 0 bridgehead atoms. The highest BCUT2D eigenvalue weighted by atomic mass is 32.2. The molecule has 1 aromatic rings. The molecule has 0 aliphatic carbocycles. The number of benzene rings is 1. The second-order valence-corrected chi connectivity index (χ2v) is 9.01. The van der Waals surface area contributed by atoms with Crippen molar-refractivity contribution in [3.63, 3.8) is 0 Å². The lowest BCUT2D eigenvalue weighted by molar-refractivity contribution is -0.122. The van der Waals surface area contributed by atoms with E-state index in [-0.39, 0.29) is 36.0 Å². The van der Waals surface area contributed by atoms with E-state index in [0.717, 1.165) is 12.8 Å². The number of sulfone groups is 1. The fourth-order valence-corrected chi connectivity index (χ4v) is 5.12. The van der Waals surface area contributed by atoms with E-state index in [1.807, 2.05) is 12.1 Å². The maximum atomic E-state index is 12.2. The lowest BCUT2D eigenvalue weighted by atomic mass is 10.0. The number of rotatable bonds is 7. The van der Waals surface area contributed by atoms with E-state index < -0.39 is 15.4 Å². The smallest absolute Gasteiger partial charge is 0.220 e. The normalized spacial score (nSPS) is 22.2. The zero-order chi connectivity index (χ0) is 17.8. The van der Waals surface area contributed by atoms with Gasteiger partial charge in [0.05, 0.1) is 17.0 Å². The summed E-state index contributed by atoms with van der Waals surface area (Å²) >= 11 is 0. The lowest BCUT2D eigenvalue weighted by Crippen LogP contribution is -2.46. The van der Waals surface area contributed by atoms with Crippen molar-refractivity contribution in [2.24, 2.45) is 0 Å². The molecule has 1 aliphatic rings. The van der Waals surface area contributed by atoms with Crippen molar-refractivity contribution in [3.05, 3.63) is 35.4 Å². The van der Waals surface area contributed by atoms with Crippen LogP contribution in [0, 0.1) is 0 Å². The minimum absolute atomic E-state index is 0.0292. The number of hydrogen-bond donors (Lipinski definition) is 1. The molecule has 2 rings (SSSR count). The summed E-state index contributed by atoms with van der Waals surface area (Å²) in [7, 11) is -3.06. The van der Waals surface area contributed by atoms with E-state index in [4.69, 9.17) is 0 Å². The average molecular weight is 351 g/mol. The molecule has 0 saturated carbocycles. The maximum Gasteiger partial charge on any atom is 0.220 e. The highest BCUT2D eigenvalue weighted by Crippen LogP contribution is 2.23. The van der Waals surface area contributed by atoms with Gasteiger partial charge < -0.3 is 5.32 Å². The number of amides is 1. The predicted octanol–water partition coefficient (Wildman–Crippen LogP) is 2.30. The summed E-state index contributed by atoms with van der Waals surface area (Å²) in [4.78, 5) is 24.2. The molecule has 132 valence electrons. The van der Waals surface area contributed by atoms with E-state index in [9.17, 15) is 18.0 Å². The Morgan fingerprint density at radius 2 is 1.83 bits per heavy atom. The van der Waals surface area contributed by atoms with Crippen molar-refractivity contribution in [3.8, 4) is 0 Å². The van der Waals surface area contributed by atoms with Crippen LogP contribution in [0.4, 0.5) is 0 Å².